The zero-order chi connectivity index (χ0) is 17.4. The van der Waals surface area contributed by atoms with Crippen LogP contribution in [-0.2, 0) is 20.1 Å². The van der Waals surface area contributed by atoms with Crippen molar-refractivity contribution in [1.82, 2.24) is 4.72 Å². The molecule has 128 valence electrons. The topological polar surface area (TPSA) is 102 Å². The summed E-state index contributed by atoms with van der Waals surface area (Å²) in [5.74, 6) is -0.646. The molecule has 0 aliphatic carbocycles. The summed E-state index contributed by atoms with van der Waals surface area (Å²) >= 11 is 1.20. The number of carbonyl (C=O) groups is 2. The summed E-state index contributed by atoms with van der Waals surface area (Å²) in [4.78, 5) is 23.2. The number of hydrogen-bond donors (Lipinski definition) is 3. The van der Waals surface area contributed by atoms with Gasteiger partial charge in [0.05, 0.1) is 18.2 Å². The van der Waals surface area contributed by atoms with E-state index in [0.717, 1.165) is 6.42 Å². The number of nitrogens with one attached hydrogen (secondary N) is 1. The number of nitrogen functional groups attached to an aromatic ring is 1. The van der Waals surface area contributed by atoms with Crippen LogP contribution in [0.2, 0.25) is 0 Å². The van der Waals surface area contributed by atoms with Crippen molar-refractivity contribution in [2.24, 2.45) is 0 Å². The minimum Gasteiger partial charge on any atom is -0.505 e. The van der Waals surface area contributed by atoms with E-state index < -0.39 is 5.92 Å². The number of rotatable bonds is 8. The third kappa shape index (κ3) is 5.35. The van der Waals surface area contributed by atoms with Crippen molar-refractivity contribution in [3.05, 3.63) is 23.3 Å². The minimum atomic E-state index is -0.549. The number of phenolic OH excluding ortho intramolecular Hbond substituents is 1. The van der Waals surface area contributed by atoms with Gasteiger partial charge in [-0.2, -0.15) is 0 Å². The number of nitrogens with two attached hydrogens (primary N) is 1. The maximum Gasteiger partial charge on any atom is 0.313 e. The number of benzene rings is 1. The van der Waals surface area contributed by atoms with Gasteiger partial charge in [0.2, 0.25) is 5.91 Å². The van der Waals surface area contributed by atoms with Crippen molar-refractivity contribution >= 4 is 29.5 Å². The number of phenols is 1. The summed E-state index contributed by atoms with van der Waals surface area (Å²) in [5, 5.41) is 10.2. The van der Waals surface area contributed by atoms with Crippen LogP contribution in [0.4, 0.5) is 5.69 Å². The standard InChI is InChI=1S/C16H24N2O4S/c1-4-6-13(19)18-23-9-11-7-8-12(14(17)15(11)20)10(3)16(21)22-5-2/h7-8,10,20H,4-6,9,17H2,1-3H3,(H,18,19). The summed E-state index contributed by atoms with van der Waals surface area (Å²) in [5.41, 5.74) is 7.25. The van der Waals surface area contributed by atoms with Gasteiger partial charge in [0.1, 0.15) is 5.75 Å². The van der Waals surface area contributed by atoms with Crippen LogP contribution < -0.4 is 10.5 Å². The first kappa shape index (κ1) is 19.2. The van der Waals surface area contributed by atoms with Crippen molar-refractivity contribution in [3.8, 4) is 5.75 Å². The van der Waals surface area contributed by atoms with Crippen molar-refractivity contribution in [3.63, 3.8) is 0 Å². The Kier molecular flexibility index (Phi) is 7.74. The maximum absolute atomic E-state index is 11.8. The Labute approximate surface area is 140 Å². The second-order valence-corrected chi connectivity index (χ2v) is 5.90. The van der Waals surface area contributed by atoms with Crippen LogP contribution in [0.25, 0.3) is 0 Å². The molecule has 0 radical (unpaired) electrons. The lowest BCUT2D eigenvalue weighted by molar-refractivity contribution is -0.144. The van der Waals surface area contributed by atoms with Crippen LogP contribution >= 0.6 is 11.9 Å². The Morgan fingerprint density at radius 2 is 2.09 bits per heavy atom. The van der Waals surface area contributed by atoms with Gasteiger partial charge in [-0.25, -0.2) is 0 Å². The van der Waals surface area contributed by atoms with E-state index in [0.29, 0.717) is 29.9 Å². The molecule has 0 spiro atoms. The number of aromatic hydroxyl groups is 1. The molecule has 0 saturated heterocycles. The molecule has 1 aromatic rings. The monoisotopic (exact) mass is 340 g/mol. The normalized spacial score (nSPS) is 11.8. The molecule has 1 atom stereocenters. The van der Waals surface area contributed by atoms with E-state index in [9.17, 15) is 14.7 Å². The molecule has 23 heavy (non-hydrogen) atoms. The zero-order valence-electron chi connectivity index (χ0n) is 13.7. The smallest absolute Gasteiger partial charge is 0.313 e. The summed E-state index contributed by atoms with van der Waals surface area (Å²) in [6.45, 7) is 5.64. The molecule has 0 fully saturated rings. The second-order valence-electron chi connectivity index (χ2n) is 5.11. The predicted molar refractivity (Wildman–Crippen MR) is 91.9 cm³/mol. The molecular weight excluding hydrogens is 316 g/mol. The van der Waals surface area contributed by atoms with Crippen LogP contribution in [0.1, 0.15) is 50.7 Å². The van der Waals surface area contributed by atoms with Gasteiger partial charge < -0.3 is 15.6 Å². The van der Waals surface area contributed by atoms with Crippen LogP contribution in [-0.4, -0.2) is 23.6 Å². The average Bonchev–Trinajstić information content (AvgIpc) is 2.51. The first-order valence-electron chi connectivity index (χ1n) is 7.59. The number of ether oxygens (including phenoxy) is 1. The van der Waals surface area contributed by atoms with Gasteiger partial charge in [0, 0.05) is 17.7 Å². The molecule has 7 heteroatoms. The predicted octanol–water partition coefficient (Wildman–Crippen LogP) is 2.71. The Balaban J connectivity index is 2.77. The third-order valence-electron chi connectivity index (χ3n) is 3.33. The van der Waals surface area contributed by atoms with E-state index in [1.807, 2.05) is 6.92 Å². The SMILES string of the molecule is CCCC(=O)NSCc1ccc(C(C)C(=O)OCC)c(N)c1O. The highest BCUT2D eigenvalue weighted by Gasteiger charge is 2.21. The Bertz CT molecular complexity index is 563. The Morgan fingerprint density at radius 1 is 1.39 bits per heavy atom. The molecule has 0 heterocycles. The van der Waals surface area contributed by atoms with Crippen molar-refractivity contribution < 1.29 is 19.4 Å². The van der Waals surface area contributed by atoms with Crippen molar-refractivity contribution in [2.75, 3.05) is 12.3 Å². The fraction of sp³-hybridized carbons (Fsp3) is 0.500. The number of anilines is 1. The van der Waals surface area contributed by atoms with E-state index >= 15 is 0 Å². The molecule has 0 aromatic heterocycles. The van der Waals surface area contributed by atoms with Crippen LogP contribution in [0.5, 0.6) is 5.75 Å². The lowest BCUT2D eigenvalue weighted by Gasteiger charge is -2.16. The van der Waals surface area contributed by atoms with Crippen LogP contribution in [0.15, 0.2) is 12.1 Å². The molecule has 0 bridgehead atoms. The number of esters is 1. The van der Waals surface area contributed by atoms with Gasteiger partial charge in [-0.3, -0.25) is 14.3 Å². The fourth-order valence-electron chi connectivity index (χ4n) is 2.03. The highest BCUT2D eigenvalue weighted by Crippen LogP contribution is 2.35. The molecule has 0 aliphatic rings. The van der Waals surface area contributed by atoms with E-state index in [2.05, 4.69) is 4.72 Å². The maximum atomic E-state index is 11.8. The molecule has 1 rings (SSSR count). The van der Waals surface area contributed by atoms with Crippen LogP contribution in [0.3, 0.4) is 0 Å². The van der Waals surface area contributed by atoms with Gasteiger partial charge >= 0.3 is 5.97 Å². The summed E-state index contributed by atoms with van der Waals surface area (Å²) in [6, 6.07) is 3.41. The number of hydrogen-bond acceptors (Lipinski definition) is 6. The largest absolute Gasteiger partial charge is 0.505 e. The average molecular weight is 340 g/mol. The molecular formula is C16H24N2O4S. The van der Waals surface area contributed by atoms with E-state index in [1.54, 1.807) is 26.0 Å². The van der Waals surface area contributed by atoms with Gasteiger partial charge in [0.15, 0.2) is 0 Å². The quantitative estimate of drug-likeness (QED) is 0.291. The molecule has 0 saturated carbocycles. The van der Waals surface area contributed by atoms with E-state index in [-0.39, 0.29) is 23.3 Å². The van der Waals surface area contributed by atoms with E-state index in [4.69, 9.17) is 10.5 Å². The third-order valence-corrected chi connectivity index (χ3v) is 4.16. The number of amides is 1. The van der Waals surface area contributed by atoms with Crippen molar-refractivity contribution in [2.45, 2.75) is 45.3 Å². The summed E-state index contributed by atoms with van der Waals surface area (Å²) in [6.07, 6.45) is 1.25. The van der Waals surface area contributed by atoms with Gasteiger partial charge in [-0.05, 0) is 37.8 Å². The van der Waals surface area contributed by atoms with Gasteiger partial charge in [-0.15, -0.1) is 0 Å². The molecule has 1 amide bonds. The first-order valence-corrected chi connectivity index (χ1v) is 8.58. The molecule has 0 aliphatic heterocycles. The van der Waals surface area contributed by atoms with Gasteiger partial charge in [0.25, 0.3) is 0 Å². The highest BCUT2D eigenvalue weighted by molar-refractivity contribution is 7.97. The highest BCUT2D eigenvalue weighted by atomic mass is 32.2. The second kappa shape index (κ2) is 9.29. The minimum absolute atomic E-state index is 0.0440. The molecule has 6 nitrogen and oxygen atoms in total. The Morgan fingerprint density at radius 3 is 2.70 bits per heavy atom. The Hall–Kier alpha value is -1.89. The lowest BCUT2D eigenvalue weighted by atomic mass is 9.97. The summed E-state index contributed by atoms with van der Waals surface area (Å²) in [7, 11) is 0. The zero-order valence-corrected chi connectivity index (χ0v) is 14.5. The molecule has 1 aromatic carbocycles. The summed E-state index contributed by atoms with van der Waals surface area (Å²) < 4.78 is 7.67. The first-order chi connectivity index (χ1) is 10.9. The van der Waals surface area contributed by atoms with E-state index in [1.165, 1.54) is 11.9 Å². The van der Waals surface area contributed by atoms with Gasteiger partial charge in [-0.1, -0.05) is 19.1 Å². The molecule has 4 N–H and O–H groups in total. The molecule has 1 unspecified atom stereocenters. The lowest BCUT2D eigenvalue weighted by Crippen LogP contribution is -2.15. The fourth-order valence-corrected chi connectivity index (χ4v) is 2.75. The van der Waals surface area contributed by atoms with Crippen LogP contribution in [0, 0.1) is 0 Å². The number of carbonyl (C=O) groups excluding carboxylic acids is 2. The van der Waals surface area contributed by atoms with Crippen molar-refractivity contribution in [1.29, 1.82) is 0 Å².